The van der Waals surface area contributed by atoms with Crippen LogP contribution in [0.4, 0.5) is 0 Å². The Morgan fingerprint density at radius 1 is 0.833 bits per heavy atom. The molecule has 0 bridgehead atoms. The molecule has 0 saturated carbocycles. The van der Waals surface area contributed by atoms with Crippen LogP contribution >= 0.6 is 54.1 Å². The molecular weight excluding hydrogens is 594 g/mol. The predicted octanol–water partition coefficient (Wildman–Crippen LogP) is 8.35. The number of hydrogen-bond acceptors (Lipinski definition) is 2. The summed E-state index contributed by atoms with van der Waals surface area (Å²) in [6, 6.07) is 23.4. The zero-order valence-electron chi connectivity index (χ0n) is 15.6. The number of rotatable bonds is 2. The van der Waals surface area contributed by atoms with E-state index < -0.39 is 14.9 Å². The molecule has 0 nitrogen and oxygen atoms in total. The quantitative estimate of drug-likeness (QED) is 0.285. The van der Waals surface area contributed by atoms with Crippen molar-refractivity contribution >= 4 is 63.5 Å². The molecule has 3 aromatic carbocycles. The van der Waals surface area contributed by atoms with E-state index in [0.717, 1.165) is 3.27 Å². The fraction of sp³-hybridized carbons (Fsp3) is 0.0833. The minimum atomic E-state index is -4.85. The maximum absolute atomic E-state index is 7.63. The molecule has 2 aliphatic carbocycles. The molecule has 1 unspecified atom stereocenters. The number of thioether (sulfide) groups is 1. The van der Waals surface area contributed by atoms with E-state index in [2.05, 4.69) is 94.8 Å². The molecule has 0 amide bonds. The number of thiol groups is 1. The molecule has 3 aliphatic rings. The Morgan fingerprint density at radius 2 is 1.43 bits per heavy atom. The zero-order valence-corrected chi connectivity index (χ0v) is 22.9. The summed E-state index contributed by atoms with van der Waals surface area (Å²) in [4.78, 5) is 1.32. The van der Waals surface area contributed by atoms with Crippen molar-refractivity contribution < 1.29 is 14.9 Å². The molecule has 1 heterocycles. The van der Waals surface area contributed by atoms with E-state index in [1.807, 2.05) is 0 Å². The number of benzene rings is 3. The maximum atomic E-state index is 7.63. The second-order valence-electron chi connectivity index (χ2n) is 8.05. The van der Waals surface area contributed by atoms with Gasteiger partial charge in [0.25, 0.3) is 0 Å². The average Bonchev–Trinajstić information content (AvgIpc) is 3.35. The molecule has 30 heavy (non-hydrogen) atoms. The molecule has 0 radical (unpaired) electrons. The number of hydrogen-bond donors (Lipinski definition) is 1. The van der Waals surface area contributed by atoms with Gasteiger partial charge in [-0.2, -0.15) is 0 Å². The van der Waals surface area contributed by atoms with Crippen molar-refractivity contribution in [3.05, 3.63) is 104 Å². The van der Waals surface area contributed by atoms with Crippen molar-refractivity contribution in [3.8, 4) is 11.1 Å². The molecule has 6 heteroatoms. The molecule has 0 aromatic heterocycles. The SMILES string of the molecule is [SH][Zr]([Cl])([Cl])([c]1cccc2c1C=C1SC(Br)=CC12)[CH]1c2ccccc2-c2ccccc21. The van der Waals surface area contributed by atoms with Crippen LogP contribution in [-0.4, -0.2) is 0 Å². The fourth-order valence-corrected chi connectivity index (χ4v) is 21.7. The van der Waals surface area contributed by atoms with Gasteiger partial charge in [-0.1, -0.05) is 0 Å². The summed E-state index contributed by atoms with van der Waals surface area (Å²) < 4.78 is 2.12. The zero-order chi connectivity index (χ0) is 20.7. The van der Waals surface area contributed by atoms with Crippen molar-refractivity contribution in [1.29, 1.82) is 0 Å². The Kier molecular flexibility index (Phi) is 4.68. The van der Waals surface area contributed by atoms with Crippen molar-refractivity contribution in [2.24, 2.45) is 0 Å². The van der Waals surface area contributed by atoms with Gasteiger partial charge in [-0.15, -0.1) is 0 Å². The number of fused-ring (bicyclic) bond motifs is 6. The normalized spacial score (nSPS) is 20.5. The van der Waals surface area contributed by atoms with Crippen LogP contribution in [-0.2, 0) is 14.9 Å². The van der Waals surface area contributed by atoms with Crippen LogP contribution in [0.15, 0.2) is 81.5 Å². The summed E-state index contributed by atoms with van der Waals surface area (Å²) in [5.74, 6) is 0.287. The first kappa shape index (κ1) is 20.4. The Bertz CT molecular complexity index is 1260. The van der Waals surface area contributed by atoms with Gasteiger partial charge >= 0.3 is 203 Å². The molecule has 149 valence electrons. The third-order valence-electron chi connectivity index (χ3n) is 6.39. The van der Waals surface area contributed by atoms with Crippen LogP contribution in [0, 0.1) is 0 Å². The van der Waals surface area contributed by atoms with Crippen LogP contribution in [0.5, 0.6) is 0 Å². The Labute approximate surface area is 200 Å². The van der Waals surface area contributed by atoms with E-state index in [1.54, 1.807) is 11.8 Å². The fourth-order valence-electron chi connectivity index (χ4n) is 5.17. The Hall–Kier alpha value is -0.217. The van der Waals surface area contributed by atoms with Gasteiger partial charge in [0.2, 0.25) is 0 Å². The first-order valence-corrected chi connectivity index (χ1v) is 24.1. The van der Waals surface area contributed by atoms with Crippen molar-refractivity contribution in [3.63, 3.8) is 0 Å². The molecule has 3 aromatic rings. The second kappa shape index (κ2) is 6.89. The summed E-state index contributed by atoms with van der Waals surface area (Å²) in [5, 5.41) is 0. The van der Waals surface area contributed by atoms with E-state index >= 15 is 0 Å². The van der Waals surface area contributed by atoms with E-state index in [-0.39, 0.29) is 9.54 Å². The van der Waals surface area contributed by atoms with Gasteiger partial charge in [0.05, 0.1) is 0 Å². The summed E-state index contributed by atoms with van der Waals surface area (Å²) in [5.41, 5.74) is 7.29. The van der Waals surface area contributed by atoms with Gasteiger partial charge in [-0.3, -0.25) is 0 Å². The van der Waals surface area contributed by atoms with Gasteiger partial charge in [0, 0.05) is 0 Å². The van der Waals surface area contributed by atoms with E-state index in [1.165, 1.54) is 42.1 Å². The molecule has 0 spiro atoms. The third-order valence-corrected chi connectivity index (χ3v) is 23.4. The van der Waals surface area contributed by atoms with Gasteiger partial charge in [0.15, 0.2) is 0 Å². The van der Waals surface area contributed by atoms with E-state index in [0.29, 0.717) is 0 Å². The summed E-state index contributed by atoms with van der Waals surface area (Å²) in [6.07, 6.45) is 4.53. The van der Waals surface area contributed by atoms with Crippen LogP contribution < -0.4 is 3.27 Å². The van der Waals surface area contributed by atoms with Crippen molar-refractivity contribution in [1.82, 2.24) is 0 Å². The predicted molar refractivity (Wildman–Crippen MR) is 136 cm³/mol. The molecule has 1 atom stereocenters. The third kappa shape index (κ3) is 2.84. The van der Waals surface area contributed by atoms with Gasteiger partial charge < -0.3 is 0 Å². The van der Waals surface area contributed by atoms with Crippen LogP contribution in [0.25, 0.3) is 17.2 Å². The average molecular weight is 611 g/mol. The minimum absolute atomic E-state index is 0.0919. The number of allylic oxidation sites excluding steroid dienone is 2. The molecule has 6 rings (SSSR count). The summed E-state index contributed by atoms with van der Waals surface area (Å²) >= 11 is 0.556. The van der Waals surface area contributed by atoms with Gasteiger partial charge in [0.1, 0.15) is 0 Å². The van der Waals surface area contributed by atoms with Crippen LogP contribution in [0.3, 0.4) is 0 Å². The molecule has 0 fully saturated rings. The first-order valence-electron chi connectivity index (χ1n) is 9.74. The van der Waals surface area contributed by atoms with Gasteiger partial charge in [-0.25, -0.2) is 0 Å². The standard InChI is InChI=1S/C13H9.C11H6BrS.2ClH.H2S.Zr/c1-3-7-12-10(5-1)9-11-6-2-4-8-13(11)12;12-11-6-9-8-4-2-1-3-7(8)5-10(9)13-11;;;;/h1-9H;1-2,4-6,9H;2*1H;1H2;/q;;;;;+3/p-3. The molecule has 0 N–H and O–H groups in total. The monoisotopic (exact) mass is 607 g/mol. The van der Waals surface area contributed by atoms with E-state index in [9.17, 15) is 0 Å². The summed E-state index contributed by atoms with van der Waals surface area (Å²) in [6.45, 7) is 0. The first-order chi connectivity index (χ1) is 14.3. The van der Waals surface area contributed by atoms with Crippen LogP contribution in [0.2, 0.25) is 0 Å². The Balaban J connectivity index is 1.60. The Morgan fingerprint density at radius 3 is 2.10 bits per heavy atom. The molecule has 1 aliphatic heterocycles. The topological polar surface area (TPSA) is 0 Å². The summed E-state index contributed by atoms with van der Waals surface area (Å²) in [7, 11) is 20.5. The van der Waals surface area contributed by atoms with Crippen molar-refractivity contribution in [2.75, 3.05) is 0 Å². The molecular formula is C24H16BrCl2S2Zr. The van der Waals surface area contributed by atoms with Gasteiger partial charge in [-0.05, 0) is 0 Å². The van der Waals surface area contributed by atoms with Crippen LogP contribution in [0.1, 0.15) is 31.8 Å². The number of halogens is 3. The molecule has 0 saturated heterocycles. The van der Waals surface area contributed by atoms with Crippen molar-refractivity contribution in [2.45, 2.75) is 9.54 Å². The van der Waals surface area contributed by atoms with E-state index in [4.69, 9.17) is 26.4 Å². The second-order valence-corrected chi connectivity index (χ2v) is 37.4.